The van der Waals surface area contributed by atoms with Gasteiger partial charge < -0.3 is 9.57 Å². The molecule has 34 heavy (non-hydrogen) atoms. The lowest BCUT2D eigenvalue weighted by Crippen LogP contribution is -2.40. The molecule has 0 N–H and O–H groups in total. The van der Waals surface area contributed by atoms with Crippen LogP contribution in [-0.4, -0.2) is 44.0 Å². The summed E-state index contributed by atoms with van der Waals surface area (Å²) in [5, 5.41) is 4.38. The highest BCUT2D eigenvalue weighted by Crippen LogP contribution is 2.35. The molecule has 2 aromatic rings. The normalized spacial score (nSPS) is 18.4. The van der Waals surface area contributed by atoms with Crippen LogP contribution in [0.5, 0.6) is 5.75 Å². The van der Waals surface area contributed by atoms with Crippen molar-refractivity contribution in [2.75, 3.05) is 13.1 Å². The fourth-order valence-electron chi connectivity index (χ4n) is 3.73. The van der Waals surface area contributed by atoms with Crippen molar-refractivity contribution in [2.24, 2.45) is 11.1 Å². The van der Waals surface area contributed by atoms with Crippen LogP contribution in [0.25, 0.3) is 4.85 Å². The van der Waals surface area contributed by atoms with E-state index in [-0.39, 0.29) is 24.1 Å². The largest absolute Gasteiger partial charge is 0.573 e. The summed E-state index contributed by atoms with van der Waals surface area (Å²) in [5.74, 6) is -0.185. The van der Waals surface area contributed by atoms with Crippen LogP contribution >= 0.6 is 0 Å². The predicted octanol–water partition coefficient (Wildman–Crippen LogP) is 5.12. The summed E-state index contributed by atoms with van der Waals surface area (Å²) < 4.78 is 67.8. The second-order valence-corrected chi connectivity index (χ2v) is 10.1. The van der Waals surface area contributed by atoms with Crippen molar-refractivity contribution in [3.05, 3.63) is 65.5 Å². The summed E-state index contributed by atoms with van der Waals surface area (Å²) in [4.78, 5) is 9.12. The molecule has 1 saturated carbocycles. The molecule has 180 valence electrons. The third-order valence-electron chi connectivity index (χ3n) is 5.63. The minimum absolute atomic E-state index is 0.102. The highest BCUT2D eigenvalue weighted by Gasteiger charge is 2.33. The van der Waals surface area contributed by atoms with E-state index in [0.717, 1.165) is 48.4 Å². The van der Waals surface area contributed by atoms with Gasteiger partial charge in [-0.1, -0.05) is 23.4 Å². The third kappa shape index (κ3) is 5.87. The maximum absolute atomic E-state index is 12.9. The van der Waals surface area contributed by atoms with Crippen LogP contribution in [0.4, 0.5) is 18.9 Å². The Labute approximate surface area is 195 Å². The maximum atomic E-state index is 12.9. The monoisotopic (exact) mass is 493 g/mol. The summed E-state index contributed by atoms with van der Waals surface area (Å²) in [6, 6.07) is 11.4. The van der Waals surface area contributed by atoms with E-state index in [0.29, 0.717) is 24.4 Å². The molecule has 1 heterocycles. The Balaban J connectivity index is 1.37. The molecule has 0 spiro atoms. The van der Waals surface area contributed by atoms with Gasteiger partial charge in [-0.25, -0.2) is 13.3 Å². The Morgan fingerprint density at radius 3 is 2.32 bits per heavy atom. The Kier molecular flexibility index (Phi) is 6.81. The molecule has 11 heteroatoms. The summed E-state index contributed by atoms with van der Waals surface area (Å²) in [6.45, 7) is 7.60. The molecule has 0 unspecified atom stereocenters. The highest BCUT2D eigenvalue weighted by atomic mass is 32.2. The number of alkyl halides is 3. The quantitative estimate of drug-likeness (QED) is 0.305. The lowest BCUT2D eigenvalue weighted by atomic mass is 10.1. The van der Waals surface area contributed by atoms with Gasteiger partial charge in [0, 0.05) is 31.8 Å². The van der Waals surface area contributed by atoms with Crippen LogP contribution in [-0.2, 0) is 14.9 Å². The summed E-state index contributed by atoms with van der Waals surface area (Å²) in [7, 11) is -3.85. The van der Waals surface area contributed by atoms with Crippen molar-refractivity contribution >= 4 is 21.4 Å². The van der Waals surface area contributed by atoms with Gasteiger partial charge in [0.05, 0.1) is 17.2 Å². The second kappa shape index (κ2) is 9.64. The average Bonchev–Trinajstić information content (AvgIpc) is 3.64. The van der Waals surface area contributed by atoms with E-state index in [1.165, 1.54) is 4.31 Å². The molecule has 1 saturated heterocycles. The van der Waals surface area contributed by atoms with Crippen molar-refractivity contribution in [1.29, 1.82) is 0 Å². The van der Waals surface area contributed by atoms with Crippen molar-refractivity contribution in [3.8, 4) is 5.75 Å². The molecule has 0 atom stereocenters. The Hall–Kier alpha value is -3.10. The van der Waals surface area contributed by atoms with E-state index in [4.69, 9.17) is 11.4 Å². The molecule has 4 rings (SSSR count). The standard InChI is InChI=1S/C23H22F3N3O4S/c1-27-18-4-2-3-17(15-18)22(16-5-6-16)28-33-20-11-13-29(14-12-20)34(30,31)21-9-7-19(8-10-21)32-23(24,25)26/h2-4,7-10,15-16,20H,5-6,11-14H2/b28-22+. The third-order valence-corrected chi connectivity index (χ3v) is 7.54. The van der Waals surface area contributed by atoms with Gasteiger partial charge in [0.2, 0.25) is 10.0 Å². The molecule has 0 aromatic heterocycles. The maximum Gasteiger partial charge on any atom is 0.573 e. The van der Waals surface area contributed by atoms with E-state index < -0.39 is 22.1 Å². The number of nitrogens with zero attached hydrogens (tertiary/aromatic N) is 3. The van der Waals surface area contributed by atoms with Gasteiger partial charge in [-0.2, -0.15) is 4.31 Å². The SMILES string of the molecule is [C-]#[N+]c1cccc(/C(=N/OC2CCN(S(=O)(=O)c3ccc(OC(F)(F)F)cc3)CC2)C2CC2)c1. The van der Waals surface area contributed by atoms with E-state index >= 15 is 0 Å². The van der Waals surface area contributed by atoms with Crippen LogP contribution in [0.15, 0.2) is 58.6 Å². The number of sulfonamides is 1. The van der Waals surface area contributed by atoms with Gasteiger partial charge in [-0.15, -0.1) is 13.2 Å². The number of ether oxygens (including phenoxy) is 1. The van der Waals surface area contributed by atoms with Gasteiger partial charge in [0.15, 0.2) is 5.69 Å². The van der Waals surface area contributed by atoms with Gasteiger partial charge in [-0.3, -0.25) is 0 Å². The number of piperidine rings is 1. The molecular weight excluding hydrogens is 471 g/mol. The van der Waals surface area contributed by atoms with E-state index in [2.05, 4.69) is 14.7 Å². The Bertz CT molecular complexity index is 1200. The van der Waals surface area contributed by atoms with Crippen molar-refractivity contribution in [3.63, 3.8) is 0 Å². The number of rotatable bonds is 7. The van der Waals surface area contributed by atoms with E-state index in [9.17, 15) is 21.6 Å². The topological polar surface area (TPSA) is 72.6 Å². The minimum atomic E-state index is -4.84. The second-order valence-electron chi connectivity index (χ2n) is 8.14. The van der Waals surface area contributed by atoms with E-state index in [1.807, 2.05) is 12.1 Å². The van der Waals surface area contributed by atoms with Crippen LogP contribution in [0.2, 0.25) is 0 Å². The van der Waals surface area contributed by atoms with Crippen molar-refractivity contribution in [2.45, 2.75) is 43.0 Å². The van der Waals surface area contributed by atoms with Crippen LogP contribution in [0, 0.1) is 12.5 Å². The molecule has 1 aliphatic carbocycles. The number of oxime groups is 1. The molecular formula is C23H22F3N3O4S. The smallest absolute Gasteiger partial charge is 0.406 e. The summed E-state index contributed by atoms with van der Waals surface area (Å²) in [5.41, 5.74) is 2.19. The Morgan fingerprint density at radius 2 is 1.74 bits per heavy atom. The van der Waals surface area contributed by atoms with Crippen LogP contribution < -0.4 is 4.74 Å². The first-order valence-electron chi connectivity index (χ1n) is 10.7. The number of hydrogen-bond donors (Lipinski definition) is 0. The van der Waals surface area contributed by atoms with Gasteiger partial charge in [0.25, 0.3) is 0 Å². The highest BCUT2D eigenvalue weighted by molar-refractivity contribution is 7.89. The Morgan fingerprint density at radius 1 is 1.06 bits per heavy atom. The van der Waals surface area contributed by atoms with Crippen LogP contribution in [0.1, 0.15) is 31.2 Å². The lowest BCUT2D eigenvalue weighted by molar-refractivity contribution is -0.274. The van der Waals surface area contributed by atoms with Gasteiger partial charge >= 0.3 is 6.36 Å². The zero-order chi connectivity index (χ0) is 24.3. The first kappa shape index (κ1) is 24.0. The average molecular weight is 494 g/mol. The fourth-order valence-corrected chi connectivity index (χ4v) is 5.20. The molecule has 2 aliphatic rings. The number of halogens is 3. The van der Waals surface area contributed by atoms with Gasteiger partial charge in [-0.05, 0) is 48.7 Å². The molecule has 1 aliphatic heterocycles. The van der Waals surface area contributed by atoms with Crippen LogP contribution in [0.3, 0.4) is 0 Å². The van der Waals surface area contributed by atoms with Crippen molar-refractivity contribution in [1.82, 2.24) is 4.31 Å². The van der Waals surface area contributed by atoms with Gasteiger partial charge in [0.1, 0.15) is 11.9 Å². The van der Waals surface area contributed by atoms with E-state index in [1.54, 1.807) is 12.1 Å². The summed E-state index contributed by atoms with van der Waals surface area (Å²) in [6.07, 6.45) is -2.23. The molecule has 2 fully saturated rings. The zero-order valence-corrected chi connectivity index (χ0v) is 18.8. The molecule has 2 aromatic carbocycles. The number of benzene rings is 2. The molecule has 7 nitrogen and oxygen atoms in total. The first-order chi connectivity index (χ1) is 16.2. The molecule has 0 radical (unpaired) electrons. The molecule has 0 amide bonds. The van der Waals surface area contributed by atoms with Crippen molar-refractivity contribution < 1.29 is 31.2 Å². The fraction of sp³-hybridized carbons (Fsp3) is 0.391. The minimum Gasteiger partial charge on any atom is -0.406 e. The lowest BCUT2D eigenvalue weighted by Gasteiger charge is -2.30. The number of hydrogen-bond acceptors (Lipinski definition) is 5. The molecule has 0 bridgehead atoms. The summed E-state index contributed by atoms with van der Waals surface area (Å²) >= 11 is 0. The first-order valence-corrected chi connectivity index (χ1v) is 12.2. The zero-order valence-electron chi connectivity index (χ0n) is 18.0. The predicted molar refractivity (Wildman–Crippen MR) is 118 cm³/mol.